The summed E-state index contributed by atoms with van der Waals surface area (Å²) in [4.78, 5) is 0. The highest BCUT2D eigenvalue weighted by molar-refractivity contribution is 5.37. The number of fused-ring (bicyclic) bond motifs is 1. The van der Waals surface area contributed by atoms with E-state index in [1.54, 1.807) is 14.2 Å². The molecule has 1 aromatic carbocycles. The fourth-order valence-corrected chi connectivity index (χ4v) is 2.00. The molecular formula is C12H17NO2. The number of hydrogen-bond donors (Lipinski definition) is 1. The van der Waals surface area contributed by atoms with Crippen molar-refractivity contribution >= 4 is 0 Å². The van der Waals surface area contributed by atoms with Gasteiger partial charge in [-0.1, -0.05) is 6.07 Å². The van der Waals surface area contributed by atoms with Crippen molar-refractivity contribution in [3.8, 4) is 5.75 Å². The molecule has 1 N–H and O–H groups in total. The molecule has 0 bridgehead atoms. The van der Waals surface area contributed by atoms with E-state index in [-0.39, 0.29) is 0 Å². The molecular weight excluding hydrogens is 190 g/mol. The first-order chi connectivity index (χ1) is 7.33. The van der Waals surface area contributed by atoms with Crippen LogP contribution in [0.4, 0.5) is 0 Å². The zero-order valence-corrected chi connectivity index (χ0v) is 9.25. The van der Waals surface area contributed by atoms with Gasteiger partial charge in [-0.05, 0) is 29.7 Å². The molecule has 0 saturated carbocycles. The van der Waals surface area contributed by atoms with Crippen molar-refractivity contribution < 1.29 is 9.47 Å². The van der Waals surface area contributed by atoms with Crippen LogP contribution in [0.15, 0.2) is 18.2 Å². The first-order valence-corrected chi connectivity index (χ1v) is 5.21. The Hall–Kier alpha value is -1.06. The second-order valence-electron chi connectivity index (χ2n) is 3.87. The molecule has 1 aromatic rings. The van der Waals surface area contributed by atoms with E-state index in [1.165, 1.54) is 11.1 Å². The quantitative estimate of drug-likeness (QED) is 0.811. The molecule has 15 heavy (non-hydrogen) atoms. The third-order valence-electron chi connectivity index (χ3n) is 2.83. The van der Waals surface area contributed by atoms with Gasteiger partial charge in [-0.15, -0.1) is 0 Å². The van der Waals surface area contributed by atoms with Gasteiger partial charge < -0.3 is 14.8 Å². The molecule has 3 nitrogen and oxygen atoms in total. The Labute approximate surface area is 90.4 Å². The Balaban J connectivity index is 2.16. The molecule has 1 aliphatic heterocycles. The summed E-state index contributed by atoms with van der Waals surface area (Å²) < 4.78 is 10.4. The topological polar surface area (TPSA) is 30.5 Å². The van der Waals surface area contributed by atoms with Crippen LogP contribution in [0.2, 0.25) is 0 Å². The maximum atomic E-state index is 5.22. The molecule has 2 rings (SSSR count). The van der Waals surface area contributed by atoms with Crippen LogP contribution in [-0.2, 0) is 17.7 Å². The summed E-state index contributed by atoms with van der Waals surface area (Å²) in [7, 11) is 3.44. The van der Waals surface area contributed by atoms with E-state index in [4.69, 9.17) is 9.47 Å². The number of rotatable bonds is 3. The SMILES string of the molecule is COCC1Cc2cc(OC)ccc2CN1. The summed E-state index contributed by atoms with van der Waals surface area (Å²) in [6.07, 6.45) is 1.01. The van der Waals surface area contributed by atoms with E-state index in [0.29, 0.717) is 6.04 Å². The van der Waals surface area contributed by atoms with Crippen molar-refractivity contribution in [1.29, 1.82) is 0 Å². The van der Waals surface area contributed by atoms with Crippen LogP contribution in [0.5, 0.6) is 5.75 Å². The highest BCUT2D eigenvalue weighted by Crippen LogP contribution is 2.22. The Morgan fingerprint density at radius 3 is 2.93 bits per heavy atom. The van der Waals surface area contributed by atoms with Gasteiger partial charge in [0.25, 0.3) is 0 Å². The third-order valence-corrected chi connectivity index (χ3v) is 2.83. The molecule has 0 radical (unpaired) electrons. The zero-order chi connectivity index (χ0) is 10.7. The van der Waals surface area contributed by atoms with Crippen molar-refractivity contribution in [3.05, 3.63) is 29.3 Å². The smallest absolute Gasteiger partial charge is 0.119 e. The largest absolute Gasteiger partial charge is 0.497 e. The molecule has 1 heterocycles. The van der Waals surface area contributed by atoms with E-state index in [0.717, 1.165) is 25.3 Å². The minimum Gasteiger partial charge on any atom is -0.497 e. The number of benzene rings is 1. The Kier molecular flexibility index (Phi) is 3.23. The van der Waals surface area contributed by atoms with Crippen molar-refractivity contribution in [2.24, 2.45) is 0 Å². The first kappa shape index (κ1) is 10.5. The molecule has 3 heteroatoms. The summed E-state index contributed by atoms with van der Waals surface area (Å²) >= 11 is 0. The second-order valence-corrected chi connectivity index (χ2v) is 3.87. The van der Waals surface area contributed by atoms with Crippen molar-refractivity contribution in [3.63, 3.8) is 0 Å². The summed E-state index contributed by atoms with van der Waals surface area (Å²) in [6, 6.07) is 6.69. The summed E-state index contributed by atoms with van der Waals surface area (Å²) in [5.74, 6) is 0.937. The summed E-state index contributed by atoms with van der Waals surface area (Å²) in [6.45, 7) is 1.68. The van der Waals surface area contributed by atoms with Gasteiger partial charge in [0.1, 0.15) is 5.75 Å². The number of hydrogen-bond acceptors (Lipinski definition) is 3. The monoisotopic (exact) mass is 207 g/mol. The summed E-state index contributed by atoms with van der Waals surface area (Å²) in [5.41, 5.74) is 2.73. The van der Waals surface area contributed by atoms with Crippen molar-refractivity contribution in [1.82, 2.24) is 5.32 Å². The minimum absolute atomic E-state index is 0.426. The van der Waals surface area contributed by atoms with Crippen LogP contribution in [0.3, 0.4) is 0 Å². The van der Waals surface area contributed by atoms with Crippen LogP contribution >= 0.6 is 0 Å². The van der Waals surface area contributed by atoms with E-state index < -0.39 is 0 Å². The average Bonchev–Trinajstić information content (AvgIpc) is 2.28. The Bertz CT molecular complexity index is 338. The Morgan fingerprint density at radius 1 is 1.33 bits per heavy atom. The standard InChI is InChI=1S/C12H17NO2/c1-14-8-11-5-10-6-12(15-2)4-3-9(10)7-13-11/h3-4,6,11,13H,5,7-8H2,1-2H3. The van der Waals surface area contributed by atoms with Gasteiger partial charge in [0, 0.05) is 19.7 Å². The van der Waals surface area contributed by atoms with Gasteiger partial charge in [0.15, 0.2) is 0 Å². The Morgan fingerprint density at radius 2 is 2.20 bits per heavy atom. The molecule has 0 saturated heterocycles. The lowest BCUT2D eigenvalue weighted by Crippen LogP contribution is -2.38. The van der Waals surface area contributed by atoms with E-state index in [1.807, 2.05) is 6.07 Å². The van der Waals surface area contributed by atoms with Gasteiger partial charge in [-0.2, -0.15) is 0 Å². The van der Waals surface area contributed by atoms with Gasteiger partial charge >= 0.3 is 0 Å². The highest BCUT2D eigenvalue weighted by Gasteiger charge is 2.17. The average molecular weight is 207 g/mol. The molecule has 0 amide bonds. The van der Waals surface area contributed by atoms with E-state index in [9.17, 15) is 0 Å². The molecule has 1 unspecified atom stereocenters. The minimum atomic E-state index is 0.426. The van der Waals surface area contributed by atoms with Crippen molar-refractivity contribution in [2.45, 2.75) is 19.0 Å². The van der Waals surface area contributed by atoms with Crippen molar-refractivity contribution in [2.75, 3.05) is 20.8 Å². The predicted molar refractivity (Wildman–Crippen MR) is 59.2 cm³/mol. The lowest BCUT2D eigenvalue weighted by Gasteiger charge is -2.25. The molecule has 1 aliphatic rings. The van der Waals surface area contributed by atoms with Gasteiger partial charge in [-0.25, -0.2) is 0 Å². The van der Waals surface area contributed by atoms with E-state index >= 15 is 0 Å². The molecule has 1 atom stereocenters. The summed E-state index contributed by atoms with van der Waals surface area (Å²) in [5, 5.41) is 3.45. The maximum Gasteiger partial charge on any atom is 0.119 e. The number of methoxy groups -OCH3 is 2. The van der Waals surface area contributed by atoms with Crippen LogP contribution in [0, 0.1) is 0 Å². The normalized spacial score (nSPS) is 19.7. The number of ether oxygens (including phenoxy) is 2. The molecule has 0 fully saturated rings. The third kappa shape index (κ3) is 2.30. The molecule has 0 spiro atoms. The second kappa shape index (κ2) is 4.64. The molecule has 82 valence electrons. The van der Waals surface area contributed by atoms with Gasteiger partial charge in [0.05, 0.1) is 13.7 Å². The van der Waals surface area contributed by atoms with Crippen LogP contribution < -0.4 is 10.1 Å². The lowest BCUT2D eigenvalue weighted by molar-refractivity contribution is 0.162. The first-order valence-electron chi connectivity index (χ1n) is 5.21. The predicted octanol–water partition coefficient (Wildman–Crippen LogP) is 1.36. The van der Waals surface area contributed by atoms with Gasteiger partial charge in [-0.3, -0.25) is 0 Å². The molecule has 0 aromatic heterocycles. The molecule has 0 aliphatic carbocycles. The fraction of sp³-hybridized carbons (Fsp3) is 0.500. The van der Waals surface area contributed by atoms with Crippen LogP contribution in [0.25, 0.3) is 0 Å². The van der Waals surface area contributed by atoms with Crippen LogP contribution in [-0.4, -0.2) is 26.9 Å². The number of nitrogens with one attached hydrogen (secondary N) is 1. The highest BCUT2D eigenvalue weighted by atomic mass is 16.5. The lowest BCUT2D eigenvalue weighted by atomic mass is 9.96. The van der Waals surface area contributed by atoms with E-state index in [2.05, 4.69) is 17.4 Å². The van der Waals surface area contributed by atoms with Crippen LogP contribution in [0.1, 0.15) is 11.1 Å². The van der Waals surface area contributed by atoms with Gasteiger partial charge in [0.2, 0.25) is 0 Å². The fourth-order valence-electron chi connectivity index (χ4n) is 2.00. The zero-order valence-electron chi connectivity index (χ0n) is 9.25. The maximum absolute atomic E-state index is 5.22.